The van der Waals surface area contributed by atoms with E-state index < -0.39 is 0 Å². The molecule has 2 aromatic rings. The molecule has 1 aromatic heterocycles. The summed E-state index contributed by atoms with van der Waals surface area (Å²) >= 11 is 1.58. The normalized spacial score (nSPS) is 17.2. The molecule has 0 bridgehead atoms. The summed E-state index contributed by atoms with van der Waals surface area (Å²) in [6.45, 7) is 5.96. The number of nitrogens with zero attached hydrogens (tertiary/aromatic N) is 2. The average Bonchev–Trinajstić information content (AvgIpc) is 3.18. The first kappa shape index (κ1) is 19.2. The molecule has 1 unspecified atom stereocenters. The highest BCUT2D eigenvalue weighted by atomic mass is 35.5. The van der Waals surface area contributed by atoms with Gasteiger partial charge in [0.2, 0.25) is 0 Å². The quantitative estimate of drug-likeness (QED) is 0.811. The standard InChI is InChI=1S/C18H25N3OS.ClH/c1-14-4-6-15(7-5-14)8-9-21(12-16-3-2-10-22-16)13-17-11-20-18(19)23-17;/h4-7,11,16H,2-3,8-10,12-13H2,1H3,(H2,19,20);1H. The van der Waals surface area contributed by atoms with E-state index >= 15 is 0 Å². The highest BCUT2D eigenvalue weighted by Crippen LogP contribution is 2.19. The molecule has 4 nitrogen and oxygen atoms in total. The Labute approximate surface area is 154 Å². The molecule has 6 heteroatoms. The fraction of sp³-hybridized carbons (Fsp3) is 0.500. The lowest BCUT2D eigenvalue weighted by molar-refractivity contribution is 0.0712. The van der Waals surface area contributed by atoms with Crippen molar-refractivity contribution in [3.63, 3.8) is 0 Å². The van der Waals surface area contributed by atoms with Crippen molar-refractivity contribution in [2.24, 2.45) is 0 Å². The van der Waals surface area contributed by atoms with E-state index in [2.05, 4.69) is 41.1 Å². The number of hydrogen-bond donors (Lipinski definition) is 1. The molecule has 0 radical (unpaired) electrons. The van der Waals surface area contributed by atoms with Crippen molar-refractivity contribution in [3.05, 3.63) is 46.5 Å². The van der Waals surface area contributed by atoms with Crippen LogP contribution in [0.5, 0.6) is 0 Å². The van der Waals surface area contributed by atoms with Crippen LogP contribution in [0.15, 0.2) is 30.5 Å². The average molecular weight is 368 g/mol. The summed E-state index contributed by atoms with van der Waals surface area (Å²) in [7, 11) is 0. The van der Waals surface area contributed by atoms with Gasteiger partial charge in [0.25, 0.3) is 0 Å². The lowest BCUT2D eigenvalue weighted by atomic mass is 10.1. The molecule has 24 heavy (non-hydrogen) atoms. The zero-order chi connectivity index (χ0) is 16.1. The number of ether oxygens (including phenoxy) is 1. The number of benzene rings is 1. The van der Waals surface area contributed by atoms with Gasteiger partial charge in [0.15, 0.2) is 5.13 Å². The van der Waals surface area contributed by atoms with Gasteiger partial charge in [-0.05, 0) is 31.7 Å². The molecular weight excluding hydrogens is 342 g/mol. The van der Waals surface area contributed by atoms with Crippen molar-refractivity contribution < 1.29 is 4.74 Å². The lowest BCUT2D eigenvalue weighted by Crippen LogP contribution is -2.33. The maximum absolute atomic E-state index is 5.82. The van der Waals surface area contributed by atoms with Gasteiger partial charge in [0.1, 0.15) is 0 Å². The first-order chi connectivity index (χ1) is 11.2. The van der Waals surface area contributed by atoms with E-state index in [0.29, 0.717) is 11.2 Å². The smallest absolute Gasteiger partial charge is 0.180 e. The minimum absolute atomic E-state index is 0. The first-order valence-corrected chi connectivity index (χ1v) is 9.10. The first-order valence-electron chi connectivity index (χ1n) is 8.29. The van der Waals surface area contributed by atoms with Crippen LogP contribution in [0, 0.1) is 6.92 Å². The van der Waals surface area contributed by atoms with Gasteiger partial charge in [-0.1, -0.05) is 29.8 Å². The van der Waals surface area contributed by atoms with Gasteiger partial charge in [0.05, 0.1) is 6.10 Å². The number of aromatic nitrogens is 1. The van der Waals surface area contributed by atoms with Gasteiger partial charge < -0.3 is 10.5 Å². The van der Waals surface area contributed by atoms with Crippen molar-refractivity contribution >= 4 is 28.9 Å². The maximum Gasteiger partial charge on any atom is 0.180 e. The van der Waals surface area contributed by atoms with Crippen LogP contribution in [-0.4, -0.2) is 35.7 Å². The van der Waals surface area contributed by atoms with Gasteiger partial charge in [-0.15, -0.1) is 23.7 Å². The van der Waals surface area contributed by atoms with Gasteiger partial charge in [0, 0.05) is 37.3 Å². The summed E-state index contributed by atoms with van der Waals surface area (Å²) in [6, 6.07) is 8.82. The molecule has 0 saturated carbocycles. The number of halogens is 1. The van der Waals surface area contributed by atoms with Crippen molar-refractivity contribution in [2.75, 3.05) is 25.4 Å². The van der Waals surface area contributed by atoms with Gasteiger partial charge in [-0.3, -0.25) is 4.90 Å². The van der Waals surface area contributed by atoms with Crippen LogP contribution in [0.1, 0.15) is 28.8 Å². The Morgan fingerprint density at radius 3 is 2.75 bits per heavy atom. The van der Waals surface area contributed by atoms with E-state index in [4.69, 9.17) is 10.5 Å². The monoisotopic (exact) mass is 367 g/mol. The Bertz CT molecular complexity index is 611. The number of nitrogens with two attached hydrogens (primary N) is 1. The van der Waals surface area contributed by atoms with E-state index in [1.807, 2.05) is 6.20 Å². The predicted octanol–water partition coefficient (Wildman–Crippen LogP) is 3.68. The molecule has 0 amide bonds. The topological polar surface area (TPSA) is 51.4 Å². The van der Waals surface area contributed by atoms with Gasteiger partial charge in [-0.2, -0.15) is 0 Å². The molecule has 2 heterocycles. The summed E-state index contributed by atoms with van der Waals surface area (Å²) < 4.78 is 5.82. The highest BCUT2D eigenvalue weighted by molar-refractivity contribution is 7.15. The molecule has 0 spiro atoms. The molecular formula is C18H26ClN3OS. The second kappa shape index (κ2) is 9.37. The molecule has 1 fully saturated rings. The molecule has 1 aromatic carbocycles. The minimum Gasteiger partial charge on any atom is -0.377 e. The predicted molar refractivity (Wildman–Crippen MR) is 103 cm³/mol. The van der Waals surface area contributed by atoms with Crippen molar-refractivity contribution in [2.45, 2.75) is 38.8 Å². The third kappa shape index (κ3) is 5.74. The molecule has 1 aliphatic rings. The lowest BCUT2D eigenvalue weighted by Gasteiger charge is -2.24. The van der Waals surface area contributed by atoms with Crippen molar-refractivity contribution in [1.82, 2.24) is 9.88 Å². The van der Waals surface area contributed by atoms with Crippen molar-refractivity contribution in [3.8, 4) is 0 Å². The molecule has 0 aliphatic carbocycles. The fourth-order valence-electron chi connectivity index (χ4n) is 2.97. The highest BCUT2D eigenvalue weighted by Gasteiger charge is 2.19. The van der Waals surface area contributed by atoms with Gasteiger partial charge >= 0.3 is 0 Å². The number of hydrogen-bond acceptors (Lipinski definition) is 5. The van der Waals surface area contributed by atoms with Crippen LogP contribution in [-0.2, 0) is 17.7 Å². The number of nitrogen functional groups attached to an aromatic ring is 1. The molecule has 132 valence electrons. The van der Waals surface area contributed by atoms with E-state index in [0.717, 1.165) is 32.7 Å². The third-order valence-corrected chi connectivity index (χ3v) is 5.09. The summed E-state index contributed by atoms with van der Waals surface area (Å²) in [5.74, 6) is 0. The van der Waals surface area contributed by atoms with Crippen LogP contribution in [0.4, 0.5) is 5.13 Å². The van der Waals surface area contributed by atoms with Crippen LogP contribution >= 0.6 is 23.7 Å². The molecule has 3 rings (SSSR count). The maximum atomic E-state index is 5.82. The molecule has 2 N–H and O–H groups in total. The Morgan fingerprint density at radius 2 is 2.12 bits per heavy atom. The molecule has 1 aliphatic heterocycles. The summed E-state index contributed by atoms with van der Waals surface area (Å²) in [4.78, 5) is 7.87. The summed E-state index contributed by atoms with van der Waals surface area (Å²) in [5, 5.41) is 0.649. The SMILES string of the molecule is Cc1ccc(CCN(Cc2cnc(N)s2)CC2CCCO2)cc1.Cl. The zero-order valence-corrected chi connectivity index (χ0v) is 15.7. The number of rotatable bonds is 7. The number of anilines is 1. The largest absolute Gasteiger partial charge is 0.377 e. The second-order valence-electron chi connectivity index (χ2n) is 6.27. The van der Waals surface area contributed by atoms with Crippen molar-refractivity contribution in [1.29, 1.82) is 0 Å². The zero-order valence-electron chi connectivity index (χ0n) is 14.1. The Hall–Kier alpha value is -1.14. The van der Waals surface area contributed by atoms with E-state index in [1.54, 1.807) is 11.3 Å². The van der Waals surface area contributed by atoms with Crippen LogP contribution in [0.2, 0.25) is 0 Å². The Morgan fingerprint density at radius 1 is 1.33 bits per heavy atom. The van der Waals surface area contributed by atoms with E-state index in [1.165, 1.54) is 28.8 Å². The minimum atomic E-state index is 0. The van der Waals surface area contributed by atoms with Crippen LogP contribution in [0.3, 0.4) is 0 Å². The van der Waals surface area contributed by atoms with E-state index in [-0.39, 0.29) is 12.4 Å². The molecule has 1 saturated heterocycles. The van der Waals surface area contributed by atoms with Gasteiger partial charge in [-0.25, -0.2) is 4.98 Å². The third-order valence-electron chi connectivity index (χ3n) is 4.27. The summed E-state index contributed by atoms with van der Waals surface area (Å²) in [5.41, 5.74) is 8.46. The second-order valence-corrected chi connectivity index (χ2v) is 7.42. The number of aryl methyl sites for hydroxylation is 1. The Balaban J connectivity index is 0.00000208. The Kier molecular flexibility index (Phi) is 7.49. The number of thiazole rings is 1. The summed E-state index contributed by atoms with van der Waals surface area (Å²) in [6.07, 6.45) is 5.68. The van der Waals surface area contributed by atoms with Crippen LogP contribution in [0.25, 0.3) is 0 Å². The fourth-order valence-corrected chi connectivity index (χ4v) is 3.70. The molecule has 1 atom stereocenters. The van der Waals surface area contributed by atoms with Crippen LogP contribution < -0.4 is 5.73 Å². The van der Waals surface area contributed by atoms with E-state index in [9.17, 15) is 0 Å².